The van der Waals surface area contributed by atoms with Crippen molar-refractivity contribution in [2.24, 2.45) is 0 Å². The molecular weight excluding hydrogens is 186 g/mol. The van der Waals surface area contributed by atoms with Crippen LogP contribution < -0.4 is 4.90 Å². The van der Waals surface area contributed by atoms with Crippen LogP contribution in [0.4, 0.5) is 5.69 Å². The molecule has 0 saturated heterocycles. The maximum absolute atomic E-state index is 10.7. The lowest BCUT2D eigenvalue weighted by Crippen LogP contribution is -2.18. The van der Waals surface area contributed by atoms with Gasteiger partial charge in [0, 0.05) is 25.7 Å². The molecule has 0 unspecified atom stereocenters. The Kier molecular flexibility index (Phi) is 4.88. The quantitative estimate of drug-likeness (QED) is 0.665. The fraction of sp³-hybridized carbons (Fsp3) is 0.462. The molecule has 0 aliphatic carbocycles. The molecule has 0 aliphatic rings. The summed E-state index contributed by atoms with van der Waals surface area (Å²) in [5.74, 6) is 0.289. The second kappa shape index (κ2) is 6.23. The summed E-state index contributed by atoms with van der Waals surface area (Å²) in [6.07, 6.45) is 2.78. The Morgan fingerprint density at radius 3 is 2.47 bits per heavy atom. The molecule has 0 N–H and O–H groups in total. The molecule has 15 heavy (non-hydrogen) atoms. The van der Waals surface area contributed by atoms with E-state index in [-0.39, 0.29) is 5.78 Å². The minimum Gasteiger partial charge on any atom is -0.375 e. The van der Waals surface area contributed by atoms with E-state index in [1.807, 2.05) is 18.2 Å². The highest BCUT2D eigenvalue weighted by Crippen LogP contribution is 2.11. The molecular formula is C13H19NO. The van der Waals surface area contributed by atoms with Gasteiger partial charge in [0.2, 0.25) is 0 Å². The molecule has 0 aliphatic heterocycles. The van der Waals surface area contributed by atoms with Gasteiger partial charge in [-0.1, -0.05) is 18.2 Å². The average molecular weight is 205 g/mol. The molecule has 2 heteroatoms. The lowest BCUT2D eigenvalue weighted by Gasteiger charge is -2.18. The monoisotopic (exact) mass is 205 g/mol. The highest BCUT2D eigenvalue weighted by molar-refractivity contribution is 5.75. The number of Topliss-reactive ketones (excluding diaryl/α,β-unsaturated/α-hetero) is 1. The average Bonchev–Trinajstić information content (AvgIpc) is 2.25. The van der Waals surface area contributed by atoms with Crippen molar-refractivity contribution in [1.82, 2.24) is 0 Å². The van der Waals surface area contributed by atoms with Crippen molar-refractivity contribution in [2.45, 2.75) is 26.2 Å². The minimum absolute atomic E-state index is 0.289. The van der Waals surface area contributed by atoms with E-state index in [1.165, 1.54) is 5.69 Å². The van der Waals surface area contributed by atoms with Gasteiger partial charge in [0.15, 0.2) is 0 Å². The molecule has 0 radical (unpaired) electrons. The van der Waals surface area contributed by atoms with Crippen LogP contribution in [0.1, 0.15) is 26.2 Å². The summed E-state index contributed by atoms with van der Waals surface area (Å²) >= 11 is 0. The Morgan fingerprint density at radius 1 is 1.20 bits per heavy atom. The number of hydrogen-bond donors (Lipinski definition) is 0. The standard InChI is InChI=1S/C13H19NO/c1-12(15)8-6-7-11-14(2)13-9-4-3-5-10-13/h3-5,9-10H,6-8,11H2,1-2H3. The Bertz CT molecular complexity index is 295. The fourth-order valence-corrected chi connectivity index (χ4v) is 1.53. The summed E-state index contributed by atoms with van der Waals surface area (Å²) in [6.45, 7) is 2.66. The summed E-state index contributed by atoms with van der Waals surface area (Å²) in [6, 6.07) is 10.3. The third-order valence-electron chi connectivity index (χ3n) is 2.47. The third kappa shape index (κ3) is 4.63. The Morgan fingerprint density at radius 2 is 1.87 bits per heavy atom. The Labute approximate surface area is 91.9 Å². The van der Waals surface area contributed by atoms with E-state index in [1.54, 1.807) is 6.92 Å². The molecule has 0 atom stereocenters. The number of carbonyl (C=O) groups excluding carboxylic acids is 1. The number of carbonyl (C=O) groups is 1. The SMILES string of the molecule is CC(=O)CCCCN(C)c1ccccc1. The van der Waals surface area contributed by atoms with E-state index in [4.69, 9.17) is 0 Å². The summed E-state index contributed by atoms with van der Waals surface area (Å²) in [5, 5.41) is 0. The van der Waals surface area contributed by atoms with E-state index in [9.17, 15) is 4.79 Å². The van der Waals surface area contributed by atoms with E-state index in [0.717, 1.165) is 19.4 Å². The van der Waals surface area contributed by atoms with Crippen LogP contribution in [0.3, 0.4) is 0 Å². The highest BCUT2D eigenvalue weighted by Gasteiger charge is 1.99. The normalized spacial score (nSPS) is 10.0. The van der Waals surface area contributed by atoms with Crippen LogP contribution in [0.2, 0.25) is 0 Å². The molecule has 0 saturated carbocycles. The number of ketones is 1. The van der Waals surface area contributed by atoms with Gasteiger partial charge in [0.1, 0.15) is 5.78 Å². The van der Waals surface area contributed by atoms with Crippen LogP contribution in [0, 0.1) is 0 Å². The molecule has 1 aromatic rings. The number of rotatable bonds is 6. The van der Waals surface area contributed by atoms with Crippen LogP contribution in [-0.2, 0) is 4.79 Å². The van der Waals surface area contributed by atoms with Gasteiger partial charge in [0.05, 0.1) is 0 Å². The second-order valence-electron chi connectivity index (χ2n) is 3.92. The molecule has 0 aromatic heterocycles. The van der Waals surface area contributed by atoms with Crippen molar-refractivity contribution < 1.29 is 4.79 Å². The van der Waals surface area contributed by atoms with Gasteiger partial charge < -0.3 is 9.69 Å². The highest BCUT2D eigenvalue weighted by atomic mass is 16.1. The largest absolute Gasteiger partial charge is 0.375 e. The first-order chi connectivity index (χ1) is 7.20. The minimum atomic E-state index is 0.289. The number of hydrogen-bond acceptors (Lipinski definition) is 2. The molecule has 82 valence electrons. The van der Waals surface area contributed by atoms with E-state index >= 15 is 0 Å². The predicted octanol–water partition coefficient (Wildman–Crippen LogP) is 2.88. The van der Waals surface area contributed by atoms with Gasteiger partial charge in [-0.3, -0.25) is 0 Å². The number of para-hydroxylation sites is 1. The van der Waals surface area contributed by atoms with Crippen LogP contribution >= 0.6 is 0 Å². The van der Waals surface area contributed by atoms with Gasteiger partial charge in [0.25, 0.3) is 0 Å². The molecule has 2 nitrogen and oxygen atoms in total. The van der Waals surface area contributed by atoms with Gasteiger partial charge >= 0.3 is 0 Å². The number of anilines is 1. The molecule has 0 spiro atoms. The lowest BCUT2D eigenvalue weighted by atomic mass is 10.2. The van der Waals surface area contributed by atoms with Crippen molar-refractivity contribution in [2.75, 3.05) is 18.5 Å². The van der Waals surface area contributed by atoms with Gasteiger partial charge in [-0.05, 0) is 31.9 Å². The molecule has 0 bridgehead atoms. The predicted molar refractivity (Wildman–Crippen MR) is 64.2 cm³/mol. The topological polar surface area (TPSA) is 20.3 Å². The van der Waals surface area contributed by atoms with Crippen LogP contribution in [0.5, 0.6) is 0 Å². The molecule has 1 rings (SSSR count). The first-order valence-electron chi connectivity index (χ1n) is 5.46. The van der Waals surface area contributed by atoms with Gasteiger partial charge in [-0.15, -0.1) is 0 Å². The first kappa shape index (κ1) is 11.8. The van der Waals surface area contributed by atoms with Crippen LogP contribution in [0.15, 0.2) is 30.3 Å². The summed E-state index contributed by atoms with van der Waals surface area (Å²) < 4.78 is 0. The van der Waals surface area contributed by atoms with E-state index < -0.39 is 0 Å². The Balaban J connectivity index is 2.25. The van der Waals surface area contributed by atoms with Crippen molar-refractivity contribution in [3.05, 3.63) is 30.3 Å². The van der Waals surface area contributed by atoms with Gasteiger partial charge in [-0.2, -0.15) is 0 Å². The third-order valence-corrected chi connectivity index (χ3v) is 2.47. The van der Waals surface area contributed by atoms with Crippen molar-refractivity contribution in [3.63, 3.8) is 0 Å². The Hall–Kier alpha value is -1.31. The zero-order valence-corrected chi connectivity index (χ0v) is 9.57. The van der Waals surface area contributed by atoms with Crippen molar-refractivity contribution in [3.8, 4) is 0 Å². The molecule has 0 heterocycles. The van der Waals surface area contributed by atoms with Crippen molar-refractivity contribution >= 4 is 11.5 Å². The van der Waals surface area contributed by atoms with Crippen LogP contribution in [-0.4, -0.2) is 19.4 Å². The second-order valence-corrected chi connectivity index (χ2v) is 3.92. The first-order valence-corrected chi connectivity index (χ1v) is 5.46. The molecule has 0 amide bonds. The maximum Gasteiger partial charge on any atom is 0.129 e. The summed E-state index contributed by atoms with van der Waals surface area (Å²) in [5.41, 5.74) is 1.24. The maximum atomic E-state index is 10.7. The smallest absolute Gasteiger partial charge is 0.129 e. The van der Waals surface area contributed by atoms with E-state index in [2.05, 4.69) is 24.1 Å². The van der Waals surface area contributed by atoms with Crippen LogP contribution in [0.25, 0.3) is 0 Å². The number of unbranched alkanes of at least 4 members (excludes halogenated alkanes) is 1. The zero-order valence-electron chi connectivity index (χ0n) is 9.57. The number of nitrogens with zero attached hydrogens (tertiary/aromatic N) is 1. The summed E-state index contributed by atoms with van der Waals surface area (Å²) in [7, 11) is 2.09. The fourth-order valence-electron chi connectivity index (χ4n) is 1.53. The van der Waals surface area contributed by atoms with Gasteiger partial charge in [-0.25, -0.2) is 0 Å². The molecule has 1 aromatic carbocycles. The van der Waals surface area contributed by atoms with Crippen molar-refractivity contribution in [1.29, 1.82) is 0 Å². The zero-order chi connectivity index (χ0) is 11.1. The lowest BCUT2D eigenvalue weighted by molar-refractivity contribution is -0.117. The van der Waals surface area contributed by atoms with E-state index in [0.29, 0.717) is 6.42 Å². The molecule has 0 fully saturated rings. The number of benzene rings is 1. The summed E-state index contributed by atoms with van der Waals surface area (Å²) in [4.78, 5) is 13.0.